The third-order valence-electron chi connectivity index (χ3n) is 1.52. The fourth-order valence-corrected chi connectivity index (χ4v) is 0.876. The number of carbonyl (C=O) groups excluding carboxylic acids is 2. The summed E-state index contributed by atoms with van der Waals surface area (Å²) in [5.74, 6) is -0.160. The minimum atomic E-state index is -0.0872. The molecule has 0 aliphatic rings. The average Bonchev–Trinajstić information content (AvgIpc) is 2.15. The highest BCUT2D eigenvalue weighted by Gasteiger charge is 2.01. The van der Waals surface area contributed by atoms with Crippen molar-refractivity contribution in [2.24, 2.45) is 0 Å². The van der Waals surface area contributed by atoms with Gasteiger partial charge in [0.1, 0.15) is 0 Å². The Balaban J connectivity index is 3.34. The molecule has 0 aliphatic heterocycles. The van der Waals surface area contributed by atoms with Gasteiger partial charge in [0.25, 0.3) is 0 Å². The van der Waals surface area contributed by atoms with Gasteiger partial charge < -0.3 is 10.6 Å². The Morgan fingerprint density at radius 1 is 1.00 bits per heavy atom. The van der Waals surface area contributed by atoms with Gasteiger partial charge in [-0.05, 0) is 13.3 Å². The summed E-state index contributed by atoms with van der Waals surface area (Å²) in [6.45, 7) is 5.52. The number of rotatable bonds is 7. The minimum absolute atomic E-state index is 0.0730. The molecule has 0 radical (unpaired) electrons. The number of likely N-dealkylation sites (N-methyl/N-ethyl adjacent to an activating group) is 1. The first-order valence-electron chi connectivity index (χ1n) is 4.94. The van der Waals surface area contributed by atoms with Gasteiger partial charge in [0.15, 0.2) is 0 Å². The van der Waals surface area contributed by atoms with E-state index >= 15 is 0 Å². The van der Waals surface area contributed by atoms with Gasteiger partial charge in [0.05, 0.1) is 13.1 Å². The lowest BCUT2D eigenvalue weighted by molar-refractivity contribution is -0.121. The van der Waals surface area contributed by atoms with Gasteiger partial charge in [0, 0.05) is 13.1 Å². The van der Waals surface area contributed by atoms with Crippen LogP contribution in [0.2, 0.25) is 0 Å². The van der Waals surface area contributed by atoms with Crippen LogP contribution in [0.3, 0.4) is 0 Å². The predicted octanol–water partition coefficient (Wildman–Crippen LogP) is -0.762. The molecule has 5 heteroatoms. The van der Waals surface area contributed by atoms with Gasteiger partial charge in [-0.2, -0.15) is 0 Å². The largest absolute Gasteiger partial charge is 0.355 e. The lowest BCUT2D eigenvalue weighted by Crippen LogP contribution is -2.39. The Labute approximate surface area is 84.6 Å². The third kappa shape index (κ3) is 7.54. The van der Waals surface area contributed by atoms with Crippen molar-refractivity contribution >= 4 is 11.8 Å². The summed E-state index contributed by atoms with van der Waals surface area (Å²) in [6.07, 6.45) is 0.919. The number of hydrogen-bond donors (Lipinski definition) is 3. The predicted molar refractivity (Wildman–Crippen MR) is 54.9 cm³/mol. The molecule has 0 spiro atoms. The Bertz CT molecular complexity index is 183. The van der Waals surface area contributed by atoms with Crippen LogP contribution in [0.5, 0.6) is 0 Å². The molecular weight excluding hydrogens is 182 g/mol. The Morgan fingerprint density at radius 3 is 2.07 bits per heavy atom. The molecule has 14 heavy (non-hydrogen) atoms. The number of nitrogens with one attached hydrogen (secondary N) is 3. The highest BCUT2D eigenvalue weighted by Crippen LogP contribution is 1.71. The quantitative estimate of drug-likeness (QED) is 0.507. The summed E-state index contributed by atoms with van der Waals surface area (Å²) in [7, 11) is 0. The van der Waals surface area contributed by atoms with Crippen molar-refractivity contribution in [3.05, 3.63) is 0 Å². The van der Waals surface area contributed by atoms with Gasteiger partial charge in [-0.15, -0.1) is 0 Å². The van der Waals surface area contributed by atoms with Crippen LogP contribution in [0.15, 0.2) is 0 Å². The Kier molecular flexibility index (Phi) is 7.83. The van der Waals surface area contributed by atoms with Crippen LogP contribution < -0.4 is 16.0 Å². The van der Waals surface area contributed by atoms with Crippen LogP contribution in [0, 0.1) is 0 Å². The summed E-state index contributed by atoms with van der Waals surface area (Å²) in [5, 5.41) is 8.09. The van der Waals surface area contributed by atoms with Crippen LogP contribution in [-0.2, 0) is 9.59 Å². The maximum atomic E-state index is 11.0. The summed E-state index contributed by atoms with van der Waals surface area (Å²) >= 11 is 0. The first-order chi connectivity index (χ1) is 6.70. The fourth-order valence-electron chi connectivity index (χ4n) is 0.876. The molecule has 0 fully saturated rings. The highest BCUT2D eigenvalue weighted by atomic mass is 16.2. The van der Waals surface area contributed by atoms with Crippen LogP contribution in [0.1, 0.15) is 20.3 Å². The zero-order valence-corrected chi connectivity index (χ0v) is 8.85. The van der Waals surface area contributed by atoms with E-state index in [0.717, 1.165) is 6.42 Å². The molecule has 5 nitrogen and oxygen atoms in total. The van der Waals surface area contributed by atoms with Gasteiger partial charge >= 0.3 is 0 Å². The molecule has 0 bridgehead atoms. The van der Waals surface area contributed by atoms with Crippen molar-refractivity contribution in [3.8, 4) is 0 Å². The number of carbonyl (C=O) groups is 2. The summed E-state index contributed by atoms with van der Waals surface area (Å²) in [6, 6.07) is 0. The second-order valence-corrected chi connectivity index (χ2v) is 2.91. The first-order valence-corrected chi connectivity index (χ1v) is 4.94. The van der Waals surface area contributed by atoms with Gasteiger partial charge in [-0.1, -0.05) is 6.92 Å². The van der Waals surface area contributed by atoms with Crippen molar-refractivity contribution in [2.45, 2.75) is 20.3 Å². The zero-order chi connectivity index (χ0) is 10.8. The van der Waals surface area contributed by atoms with E-state index in [4.69, 9.17) is 0 Å². The highest BCUT2D eigenvalue weighted by molar-refractivity contribution is 5.80. The molecule has 0 aromatic rings. The second-order valence-electron chi connectivity index (χ2n) is 2.91. The van der Waals surface area contributed by atoms with Gasteiger partial charge in [-0.3, -0.25) is 14.9 Å². The van der Waals surface area contributed by atoms with Crippen molar-refractivity contribution in [1.29, 1.82) is 0 Å². The Morgan fingerprint density at radius 2 is 1.57 bits per heavy atom. The molecule has 0 unspecified atom stereocenters. The molecule has 82 valence electrons. The minimum Gasteiger partial charge on any atom is -0.355 e. The normalized spacial score (nSPS) is 9.57. The molecule has 0 aliphatic carbocycles. The van der Waals surface area contributed by atoms with Crippen molar-refractivity contribution in [2.75, 3.05) is 26.2 Å². The maximum Gasteiger partial charge on any atom is 0.233 e. The first kappa shape index (κ1) is 12.9. The molecule has 3 N–H and O–H groups in total. The zero-order valence-electron chi connectivity index (χ0n) is 8.85. The molecule has 0 saturated heterocycles. The van der Waals surface area contributed by atoms with E-state index in [0.29, 0.717) is 13.1 Å². The third-order valence-corrected chi connectivity index (χ3v) is 1.52. The summed E-state index contributed by atoms with van der Waals surface area (Å²) < 4.78 is 0. The summed E-state index contributed by atoms with van der Waals surface area (Å²) in [4.78, 5) is 22.0. The van der Waals surface area contributed by atoms with Crippen LogP contribution in [0.25, 0.3) is 0 Å². The molecule has 0 aromatic heterocycles. The topological polar surface area (TPSA) is 70.2 Å². The van der Waals surface area contributed by atoms with E-state index in [2.05, 4.69) is 16.0 Å². The number of hydrogen-bond acceptors (Lipinski definition) is 3. The maximum absolute atomic E-state index is 11.0. The van der Waals surface area contributed by atoms with Crippen LogP contribution in [-0.4, -0.2) is 38.0 Å². The number of amides is 2. The average molecular weight is 201 g/mol. The Hall–Kier alpha value is -1.10. The van der Waals surface area contributed by atoms with E-state index in [1.54, 1.807) is 0 Å². The molecule has 0 rings (SSSR count). The molecular formula is C9H19N3O2. The van der Waals surface area contributed by atoms with Crippen molar-refractivity contribution in [1.82, 2.24) is 16.0 Å². The SMILES string of the molecule is CCCNC(=O)CNCC(=O)NCC. The molecule has 2 amide bonds. The van der Waals surface area contributed by atoms with Crippen molar-refractivity contribution in [3.63, 3.8) is 0 Å². The molecule has 0 saturated carbocycles. The summed E-state index contributed by atoms with van der Waals surface area (Å²) in [5.41, 5.74) is 0. The molecule has 0 atom stereocenters. The monoisotopic (exact) mass is 201 g/mol. The van der Waals surface area contributed by atoms with Gasteiger partial charge in [-0.25, -0.2) is 0 Å². The standard InChI is InChI=1S/C9H19N3O2/c1-3-5-12-9(14)7-10-6-8(13)11-4-2/h10H,3-7H2,1-2H3,(H,11,13)(H,12,14). The molecule has 0 aromatic carbocycles. The fraction of sp³-hybridized carbons (Fsp3) is 0.778. The van der Waals surface area contributed by atoms with Crippen molar-refractivity contribution < 1.29 is 9.59 Å². The molecule has 0 heterocycles. The van der Waals surface area contributed by atoms with E-state index in [-0.39, 0.29) is 24.9 Å². The van der Waals surface area contributed by atoms with E-state index in [1.165, 1.54) is 0 Å². The van der Waals surface area contributed by atoms with Gasteiger partial charge in [0.2, 0.25) is 11.8 Å². The second kappa shape index (κ2) is 8.50. The van der Waals surface area contributed by atoms with Crippen LogP contribution in [0.4, 0.5) is 0 Å². The van der Waals surface area contributed by atoms with Crippen LogP contribution >= 0.6 is 0 Å². The smallest absolute Gasteiger partial charge is 0.233 e. The lowest BCUT2D eigenvalue weighted by atomic mass is 10.4. The van der Waals surface area contributed by atoms with E-state index < -0.39 is 0 Å². The lowest BCUT2D eigenvalue weighted by Gasteiger charge is -2.05. The van der Waals surface area contributed by atoms with E-state index in [1.807, 2.05) is 13.8 Å². The van der Waals surface area contributed by atoms with E-state index in [9.17, 15) is 9.59 Å².